The van der Waals surface area contributed by atoms with Crippen molar-refractivity contribution in [2.75, 3.05) is 24.7 Å². The Bertz CT molecular complexity index is 546. The molecule has 1 saturated heterocycles. The molecule has 0 aromatic carbocycles. The molecule has 1 unspecified atom stereocenters. The molecule has 0 radical (unpaired) electrons. The molecule has 11 heteroatoms. The van der Waals surface area contributed by atoms with Crippen LogP contribution in [0.4, 0.5) is 0 Å². The molecule has 0 spiro atoms. The number of hydroxylamine groups is 2. The summed E-state index contributed by atoms with van der Waals surface area (Å²) in [5, 5.41) is 2.58. The zero-order valence-corrected chi connectivity index (χ0v) is 13.9. The highest BCUT2D eigenvalue weighted by Crippen LogP contribution is 2.11. The van der Waals surface area contributed by atoms with Crippen LogP contribution in [-0.2, 0) is 44.3 Å². The summed E-state index contributed by atoms with van der Waals surface area (Å²) in [6.07, 6.45) is -0.212. The molecule has 1 aliphatic rings. The van der Waals surface area contributed by atoms with Crippen LogP contribution in [0.25, 0.3) is 0 Å². The first kappa shape index (κ1) is 19.7. The second kappa shape index (κ2) is 9.75. The molecule has 0 saturated carbocycles. The van der Waals surface area contributed by atoms with E-state index in [2.05, 4.69) is 14.9 Å². The van der Waals surface area contributed by atoms with Gasteiger partial charge in [-0.15, -0.1) is 5.06 Å². The van der Waals surface area contributed by atoms with E-state index in [1.165, 1.54) is 0 Å². The number of carbonyl (C=O) groups is 5. The maximum absolute atomic E-state index is 11.5. The number of hydrogen-bond donors (Lipinski definition) is 1. The fourth-order valence-electron chi connectivity index (χ4n) is 1.66. The van der Waals surface area contributed by atoms with E-state index in [-0.39, 0.29) is 37.4 Å². The number of nitrogens with zero attached hydrogens (tertiary/aromatic N) is 1. The molecule has 1 aliphatic heterocycles. The van der Waals surface area contributed by atoms with E-state index in [1.807, 2.05) is 0 Å². The highest BCUT2D eigenvalue weighted by molar-refractivity contribution is 7.85. The van der Waals surface area contributed by atoms with Crippen molar-refractivity contribution >= 4 is 40.5 Å². The molecule has 24 heavy (non-hydrogen) atoms. The van der Waals surface area contributed by atoms with Gasteiger partial charge in [-0.2, -0.15) is 0 Å². The molecule has 0 aliphatic carbocycles. The SMILES string of the molecule is CCOC(=O)CS(=O)CCC(=O)NCC(=O)ON1C(=O)CCC1=O. The molecule has 1 N–H and O–H groups in total. The Labute approximate surface area is 140 Å². The molecule has 1 heterocycles. The van der Waals surface area contributed by atoms with Crippen LogP contribution < -0.4 is 5.32 Å². The van der Waals surface area contributed by atoms with Crippen LogP contribution in [0, 0.1) is 0 Å². The number of imide groups is 1. The van der Waals surface area contributed by atoms with Crippen LogP contribution in [0.2, 0.25) is 0 Å². The van der Waals surface area contributed by atoms with E-state index < -0.39 is 47.0 Å². The monoisotopic (exact) mass is 362 g/mol. The van der Waals surface area contributed by atoms with Crippen molar-refractivity contribution in [3.8, 4) is 0 Å². The van der Waals surface area contributed by atoms with E-state index in [1.54, 1.807) is 6.92 Å². The lowest BCUT2D eigenvalue weighted by Gasteiger charge is -2.12. The molecule has 134 valence electrons. The van der Waals surface area contributed by atoms with Gasteiger partial charge in [-0.05, 0) is 6.92 Å². The average molecular weight is 362 g/mol. The Morgan fingerprint density at radius 2 is 1.79 bits per heavy atom. The summed E-state index contributed by atoms with van der Waals surface area (Å²) in [4.78, 5) is 61.1. The van der Waals surface area contributed by atoms with Crippen molar-refractivity contribution in [3.63, 3.8) is 0 Å². The molecule has 1 atom stereocenters. The van der Waals surface area contributed by atoms with Crippen LogP contribution >= 0.6 is 0 Å². The van der Waals surface area contributed by atoms with Crippen molar-refractivity contribution in [1.29, 1.82) is 0 Å². The predicted octanol–water partition coefficient (Wildman–Crippen LogP) is -1.59. The van der Waals surface area contributed by atoms with Gasteiger partial charge in [0.15, 0.2) is 0 Å². The predicted molar refractivity (Wildman–Crippen MR) is 79.3 cm³/mol. The minimum Gasteiger partial charge on any atom is -0.465 e. The van der Waals surface area contributed by atoms with Gasteiger partial charge < -0.3 is 14.9 Å². The number of nitrogens with one attached hydrogen (secondary N) is 1. The van der Waals surface area contributed by atoms with E-state index >= 15 is 0 Å². The summed E-state index contributed by atoms with van der Waals surface area (Å²) in [6.45, 7) is 1.26. The minimum atomic E-state index is -1.55. The largest absolute Gasteiger partial charge is 0.465 e. The highest BCUT2D eigenvalue weighted by atomic mass is 32.2. The molecule has 3 amide bonds. The summed E-state index contributed by atoms with van der Waals surface area (Å²) in [7, 11) is -1.55. The molecular weight excluding hydrogens is 344 g/mol. The number of amides is 3. The van der Waals surface area contributed by atoms with Crippen molar-refractivity contribution < 1.29 is 37.8 Å². The Balaban J connectivity index is 2.22. The Kier molecular flexibility index (Phi) is 8.02. The zero-order valence-electron chi connectivity index (χ0n) is 13.1. The van der Waals surface area contributed by atoms with Crippen LogP contribution in [-0.4, -0.2) is 63.6 Å². The maximum atomic E-state index is 11.5. The summed E-state index contributed by atoms with van der Waals surface area (Å²) in [5.74, 6) is -3.77. The number of carbonyl (C=O) groups excluding carboxylic acids is 5. The smallest absolute Gasteiger partial charge is 0.352 e. The van der Waals surface area contributed by atoms with Gasteiger partial charge in [-0.3, -0.25) is 23.4 Å². The summed E-state index contributed by atoms with van der Waals surface area (Å²) >= 11 is 0. The van der Waals surface area contributed by atoms with Crippen LogP contribution in [0.1, 0.15) is 26.2 Å². The lowest BCUT2D eigenvalue weighted by Crippen LogP contribution is -2.38. The van der Waals surface area contributed by atoms with E-state index in [9.17, 15) is 28.2 Å². The van der Waals surface area contributed by atoms with Gasteiger partial charge in [-0.25, -0.2) is 4.79 Å². The number of ether oxygens (including phenoxy) is 1. The summed E-state index contributed by atoms with van der Waals surface area (Å²) in [6, 6.07) is 0. The molecule has 1 rings (SSSR count). The molecule has 0 bridgehead atoms. The zero-order chi connectivity index (χ0) is 18.1. The first-order valence-electron chi connectivity index (χ1n) is 7.17. The van der Waals surface area contributed by atoms with E-state index in [4.69, 9.17) is 0 Å². The quantitative estimate of drug-likeness (QED) is 0.383. The first-order chi connectivity index (χ1) is 11.3. The highest BCUT2D eigenvalue weighted by Gasteiger charge is 2.32. The first-order valence-corrected chi connectivity index (χ1v) is 8.66. The van der Waals surface area contributed by atoms with Crippen LogP contribution in [0.3, 0.4) is 0 Å². The second-order valence-corrected chi connectivity index (χ2v) is 6.24. The molecule has 0 aromatic rings. The third-order valence-electron chi connectivity index (χ3n) is 2.77. The standard InChI is InChI=1S/C13H18N2O8S/c1-2-22-13(20)8-24(21)6-5-9(16)14-7-12(19)23-15-10(17)3-4-11(15)18/h2-8H2,1H3,(H,14,16). The van der Waals surface area contributed by atoms with Gasteiger partial charge in [-0.1, -0.05) is 0 Å². The van der Waals surface area contributed by atoms with Gasteiger partial charge in [0.25, 0.3) is 11.8 Å². The van der Waals surface area contributed by atoms with Gasteiger partial charge in [0.05, 0.1) is 6.61 Å². The van der Waals surface area contributed by atoms with Gasteiger partial charge in [0, 0.05) is 35.8 Å². The normalized spacial score (nSPS) is 15.1. The number of esters is 1. The van der Waals surface area contributed by atoms with Crippen molar-refractivity contribution in [1.82, 2.24) is 10.4 Å². The van der Waals surface area contributed by atoms with Crippen LogP contribution in [0.15, 0.2) is 0 Å². The lowest BCUT2D eigenvalue weighted by molar-refractivity contribution is -0.196. The van der Waals surface area contributed by atoms with Gasteiger partial charge >= 0.3 is 11.9 Å². The average Bonchev–Trinajstić information content (AvgIpc) is 2.83. The van der Waals surface area contributed by atoms with Gasteiger partial charge in [0.2, 0.25) is 5.91 Å². The molecular formula is C13H18N2O8S. The number of hydrogen-bond acceptors (Lipinski definition) is 8. The molecule has 1 fully saturated rings. The minimum absolute atomic E-state index is 0.0231. The van der Waals surface area contributed by atoms with Crippen molar-refractivity contribution in [2.45, 2.75) is 26.2 Å². The lowest BCUT2D eigenvalue weighted by atomic mass is 10.4. The number of rotatable bonds is 9. The topological polar surface area (TPSA) is 136 Å². The fourth-order valence-corrected chi connectivity index (χ4v) is 2.57. The maximum Gasteiger partial charge on any atom is 0.352 e. The van der Waals surface area contributed by atoms with E-state index in [0.717, 1.165) is 0 Å². The van der Waals surface area contributed by atoms with Crippen molar-refractivity contribution in [3.05, 3.63) is 0 Å². The Morgan fingerprint density at radius 1 is 1.17 bits per heavy atom. The van der Waals surface area contributed by atoms with Crippen LogP contribution in [0.5, 0.6) is 0 Å². The Morgan fingerprint density at radius 3 is 2.38 bits per heavy atom. The Hall–Kier alpha value is -2.30. The summed E-state index contributed by atoms with van der Waals surface area (Å²) < 4.78 is 16.2. The van der Waals surface area contributed by atoms with E-state index in [0.29, 0.717) is 5.06 Å². The summed E-state index contributed by atoms with van der Waals surface area (Å²) in [5.41, 5.74) is 0. The molecule has 0 aromatic heterocycles. The molecule has 10 nitrogen and oxygen atoms in total. The fraction of sp³-hybridized carbons (Fsp3) is 0.615. The van der Waals surface area contributed by atoms with Crippen molar-refractivity contribution in [2.24, 2.45) is 0 Å². The second-order valence-electron chi connectivity index (χ2n) is 4.67. The van der Waals surface area contributed by atoms with Gasteiger partial charge in [0.1, 0.15) is 12.3 Å². The third kappa shape index (κ3) is 6.86. The third-order valence-corrected chi connectivity index (χ3v) is 3.99.